The predicted molar refractivity (Wildman–Crippen MR) is 82.6 cm³/mol. The van der Waals surface area contributed by atoms with Crippen molar-refractivity contribution >= 4 is 10.2 Å². The van der Waals surface area contributed by atoms with Crippen LogP contribution in [0, 0.1) is 0 Å². The van der Waals surface area contributed by atoms with Crippen molar-refractivity contribution in [2.45, 2.75) is 6.42 Å². The second-order valence-electron chi connectivity index (χ2n) is 4.85. The molecule has 1 N–H and O–H groups in total. The lowest BCUT2D eigenvalue weighted by atomic mass is 10.1. The summed E-state index contributed by atoms with van der Waals surface area (Å²) in [5.74, 6) is 1.29. The third-order valence-electron chi connectivity index (χ3n) is 3.46. The standard InChI is InChI=1S/C14H22N2O5S/c1-19-13-4-3-12(11-14(13)20-2)5-6-15-22(17,18)16-7-9-21-10-8-16/h3-4,11,15H,5-10H2,1-2H3. The first-order valence-corrected chi connectivity index (χ1v) is 8.54. The van der Waals surface area contributed by atoms with Gasteiger partial charge in [-0.1, -0.05) is 6.07 Å². The Kier molecular flexibility index (Phi) is 6.01. The lowest BCUT2D eigenvalue weighted by molar-refractivity contribution is 0.0725. The van der Waals surface area contributed by atoms with Crippen molar-refractivity contribution in [2.75, 3.05) is 47.1 Å². The summed E-state index contributed by atoms with van der Waals surface area (Å²) in [6.45, 7) is 2.00. The van der Waals surface area contributed by atoms with Crippen LogP contribution in [0.5, 0.6) is 11.5 Å². The quantitative estimate of drug-likeness (QED) is 0.784. The van der Waals surface area contributed by atoms with Crippen LogP contribution in [0.2, 0.25) is 0 Å². The molecule has 7 nitrogen and oxygen atoms in total. The summed E-state index contributed by atoms with van der Waals surface area (Å²) in [7, 11) is -0.285. The molecule has 1 aromatic rings. The van der Waals surface area contributed by atoms with E-state index < -0.39 is 10.2 Å². The maximum Gasteiger partial charge on any atom is 0.279 e. The highest BCUT2D eigenvalue weighted by Gasteiger charge is 2.23. The van der Waals surface area contributed by atoms with Gasteiger partial charge in [0, 0.05) is 19.6 Å². The Hall–Kier alpha value is -1.35. The van der Waals surface area contributed by atoms with Gasteiger partial charge in [0.05, 0.1) is 27.4 Å². The number of hydrogen-bond donors (Lipinski definition) is 1. The van der Waals surface area contributed by atoms with E-state index in [4.69, 9.17) is 14.2 Å². The van der Waals surface area contributed by atoms with Crippen molar-refractivity contribution < 1.29 is 22.6 Å². The van der Waals surface area contributed by atoms with E-state index in [0.717, 1.165) is 5.56 Å². The lowest BCUT2D eigenvalue weighted by Gasteiger charge is -2.26. The van der Waals surface area contributed by atoms with Crippen LogP contribution in [0.25, 0.3) is 0 Å². The molecule has 8 heteroatoms. The van der Waals surface area contributed by atoms with E-state index in [1.165, 1.54) is 4.31 Å². The van der Waals surface area contributed by atoms with Crippen LogP contribution in [-0.4, -0.2) is 59.8 Å². The summed E-state index contributed by atoms with van der Waals surface area (Å²) in [6, 6.07) is 5.55. The first-order chi connectivity index (χ1) is 10.6. The molecule has 1 aliphatic heterocycles. The molecule has 1 aliphatic rings. The molecule has 1 saturated heterocycles. The summed E-state index contributed by atoms with van der Waals surface area (Å²) in [6.07, 6.45) is 0.573. The van der Waals surface area contributed by atoms with Crippen molar-refractivity contribution in [2.24, 2.45) is 0 Å². The molecular weight excluding hydrogens is 308 g/mol. The Morgan fingerprint density at radius 1 is 1.18 bits per heavy atom. The zero-order valence-electron chi connectivity index (χ0n) is 12.9. The van der Waals surface area contributed by atoms with Crippen LogP contribution in [0.1, 0.15) is 5.56 Å². The number of nitrogens with zero attached hydrogens (tertiary/aromatic N) is 1. The zero-order valence-corrected chi connectivity index (χ0v) is 13.7. The van der Waals surface area contributed by atoms with Crippen LogP contribution < -0.4 is 14.2 Å². The van der Waals surface area contributed by atoms with Gasteiger partial charge >= 0.3 is 0 Å². The number of methoxy groups -OCH3 is 2. The summed E-state index contributed by atoms with van der Waals surface area (Å²) < 4.78 is 43.8. The topological polar surface area (TPSA) is 77.1 Å². The van der Waals surface area contributed by atoms with Crippen LogP contribution in [0.3, 0.4) is 0 Å². The monoisotopic (exact) mass is 330 g/mol. The van der Waals surface area contributed by atoms with Gasteiger partial charge in [0.2, 0.25) is 0 Å². The molecule has 0 spiro atoms. The van der Waals surface area contributed by atoms with E-state index in [9.17, 15) is 8.42 Å². The number of hydrogen-bond acceptors (Lipinski definition) is 5. The molecule has 0 radical (unpaired) electrons. The second-order valence-corrected chi connectivity index (χ2v) is 6.61. The van der Waals surface area contributed by atoms with Crippen molar-refractivity contribution in [1.82, 2.24) is 9.03 Å². The SMILES string of the molecule is COc1ccc(CCNS(=O)(=O)N2CCOCC2)cc1OC. The molecule has 124 valence electrons. The van der Waals surface area contributed by atoms with Crippen molar-refractivity contribution in [1.29, 1.82) is 0 Å². The van der Waals surface area contributed by atoms with Gasteiger partial charge in [-0.05, 0) is 24.1 Å². The summed E-state index contributed by atoms with van der Waals surface area (Å²) >= 11 is 0. The van der Waals surface area contributed by atoms with Crippen molar-refractivity contribution in [3.8, 4) is 11.5 Å². The number of ether oxygens (including phenoxy) is 3. The summed E-state index contributed by atoms with van der Waals surface area (Å²) in [5.41, 5.74) is 0.974. The molecule has 1 fully saturated rings. The Balaban J connectivity index is 1.90. The maximum atomic E-state index is 12.1. The number of nitrogens with one attached hydrogen (secondary N) is 1. The molecule has 0 saturated carbocycles. The smallest absolute Gasteiger partial charge is 0.279 e. The van der Waals surface area contributed by atoms with Gasteiger partial charge in [0.25, 0.3) is 10.2 Å². The molecule has 0 atom stereocenters. The van der Waals surface area contributed by atoms with Crippen molar-refractivity contribution in [3.63, 3.8) is 0 Å². The van der Waals surface area contributed by atoms with Gasteiger partial charge in [0.1, 0.15) is 0 Å². The van der Waals surface area contributed by atoms with E-state index in [1.807, 2.05) is 18.2 Å². The molecule has 0 aliphatic carbocycles. The normalized spacial score (nSPS) is 16.5. The number of rotatable bonds is 7. The summed E-state index contributed by atoms with van der Waals surface area (Å²) in [5, 5.41) is 0. The van der Waals surface area contributed by atoms with Gasteiger partial charge in [-0.2, -0.15) is 12.7 Å². The van der Waals surface area contributed by atoms with Gasteiger partial charge in [-0.15, -0.1) is 0 Å². The largest absolute Gasteiger partial charge is 0.493 e. The molecule has 1 aromatic carbocycles. The van der Waals surface area contributed by atoms with Gasteiger partial charge in [-0.25, -0.2) is 4.72 Å². The average molecular weight is 330 g/mol. The first-order valence-electron chi connectivity index (χ1n) is 7.10. The fourth-order valence-electron chi connectivity index (χ4n) is 2.24. The van der Waals surface area contributed by atoms with Gasteiger partial charge in [-0.3, -0.25) is 0 Å². The average Bonchev–Trinajstić information content (AvgIpc) is 2.55. The molecular formula is C14H22N2O5S. The highest BCUT2D eigenvalue weighted by molar-refractivity contribution is 7.87. The molecule has 0 amide bonds. The highest BCUT2D eigenvalue weighted by Crippen LogP contribution is 2.27. The van der Waals surface area contributed by atoms with Gasteiger partial charge < -0.3 is 14.2 Å². The third-order valence-corrected chi connectivity index (χ3v) is 5.07. The van der Waals surface area contributed by atoms with E-state index in [0.29, 0.717) is 50.8 Å². The van der Waals surface area contributed by atoms with Crippen LogP contribution in [-0.2, 0) is 21.4 Å². The second kappa shape index (κ2) is 7.77. The number of benzene rings is 1. The Labute approximate surface area is 131 Å². The van der Waals surface area contributed by atoms with E-state index in [1.54, 1.807) is 14.2 Å². The fraction of sp³-hybridized carbons (Fsp3) is 0.571. The summed E-state index contributed by atoms with van der Waals surface area (Å²) in [4.78, 5) is 0. The predicted octanol–water partition coefficient (Wildman–Crippen LogP) is 0.413. The fourth-order valence-corrected chi connectivity index (χ4v) is 3.41. The molecule has 0 aromatic heterocycles. The zero-order chi connectivity index (χ0) is 16.0. The van der Waals surface area contributed by atoms with Crippen LogP contribution in [0.4, 0.5) is 0 Å². The lowest BCUT2D eigenvalue weighted by Crippen LogP contribution is -2.47. The van der Waals surface area contributed by atoms with Crippen molar-refractivity contribution in [3.05, 3.63) is 23.8 Å². The minimum Gasteiger partial charge on any atom is -0.493 e. The molecule has 22 heavy (non-hydrogen) atoms. The van der Waals surface area contributed by atoms with E-state index in [2.05, 4.69) is 4.72 Å². The van der Waals surface area contributed by atoms with E-state index in [-0.39, 0.29) is 0 Å². The Morgan fingerprint density at radius 2 is 1.86 bits per heavy atom. The first kappa shape index (κ1) is 17.0. The minimum absolute atomic E-state index is 0.329. The minimum atomic E-state index is -3.43. The Morgan fingerprint density at radius 3 is 2.50 bits per heavy atom. The Bertz CT molecular complexity index is 585. The van der Waals surface area contributed by atoms with Crippen LogP contribution >= 0.6 is 0 Å². The number of morpholine rings is 1. The van der Waals surface area contributed by atoms with E-state index >= 15 is 0 Å². The van der Waals surface area contributed by atoms with Gasteiger partial charge in [0.15, 0.2) is 11.5 Å². The molecule has 1 heterocycles. The maximum absolute atomic E-state index is 12.1. The van der Waals surface area contributed by atoms with Crippen LogP contribution in [0.15, 0.2) is 18.2 Å². The third kappa shape index (κ3) is 4.33. The highest BCUT2D eigenvalue weighted by atomic mass is 32.2. The molecule has 0 unspecified atom stereocenters. The molecule has 0 bridgehead atoms. The molecule has 2 rings (SSSR count).